The summed E-state index contributed by atoms with van der Waals surface area (Å²) in [6, 6.07) is 10.1. The molecule has 0 bridgehead atoms. The van der Waals surface area contributed by atoms with Crippen molar-refractivity contribution < 1.29 is 9.26 Å². The fraction of sp³-hybridized carbons (Fsp3) is 0.300. The smallest absolute Gasteiger partial charge is 0.223 e. The molecule has 8 heteroatoms. The topological polar surface area (TPSA) is 86.0 Å². The van der Waals surface area contributed by atoms with Crippen molar-refractivity contribution in [3.8, 4) is 11.1 Å². The molecule has 3 heterocycles. The highest BCUT2D eigenvalue weighted by atomic mass is 32.1. The molecular formula is C20H21N5O2S. The van der Waals surface area contributed by atoms with Crippen molar-refractivity contribution in [3.63, 3.8) is 0 Å². The molecule has 28 heavy (non-hydrogen) atoms. The van der Waals surface area contributed by atoms with Gasteiger partial charge in [0.15, 0.2) is 11.6 Å². The minimum absolute atomic E-state index is 0.116. The number of hydrogen-bond donors (Lipinski definition) is 1. The molecule has 0 aliphatic heterocycles. The highest BCUT2D eigenvalue weighted by Gasteiger charge is 2.21. The van der Waals surface area contributed by atoms with Crippen molar-refractivity contribution in [2.24, 2.45) is 0 Å². The zero-order valence-corrected chi connectivity index (χ0v) is 16.8. The first-order chi connectivity index (χ1) is 13.7. The van der Waals surface area contributed by atoms with Gasteiger partial charge in [0.1, 0.15) is 17.3 Å². The Morgan fingerprint density at radius 3 is 2.68 bits per heavy atom. The van der Waals surface area contributed by atoms with Crippen LogP contribution in [0.1, 0.15) is 36.9 Å². The van der Waals surface area contributed by atoms with Gasteiger partial charge in [0.05, 0.1) is 11.4 Å². The number of anilines is 1. The number of hydrogen-bond acceptors (Lipinski definition) is 8. The van der Waals surface area contributed by atoms with E-state index in [0.717, 1.165) is 33.6 Å². The summed E-state index contributed by atoms with van der Waals surface area (Å²) in [6.07, 6.45) is 0.787. The maximum Gasteiger partial charge on any atom is 0.223 e. The van der Waals surface area contributed by atoms with E-state index in [1.54, 1.807) is 25.4 Å². The number of methoxy groups -OCH3 is 1. The Labute approximate surface area is 166 Å². The lowest BCUT2D eigenvalue weighted by molar-refractivity contribution is 0.178. The molecule has 0 saturated heterocycles. The van der Waals surface area contributed by atoms with Gasteiger partial charge in [-0.1, -0.05) is 42.4 Å². The summed E-state index contributed by atoms with van der Waals surface area (Å²) in [5, 5.41) is 10.7. The highest BCUT2D eigenvalue weighted by Crippen LogP contribution is 2.38. The molecule has 1 aromatic carbocycles. The molecule has 0 saturated carbocycles. The number of nitrogens with one attached hydrogen (secondary N) is 1. The summed E-state index contributed by atoms with van der Waals surface area (Å²) < 4.78 is 10.4. The number of thiophene rings is 1. The van der Waals surface area contributed by atoms with Gasteiger partial charge in [-0.05, 0) is 12.0 Å². The molecule has 0 aliphatic carbocycles. The van der Waals surface area contributed by atoms with Gasteiger partial charge in [0.2, 0.25) is 5.89 Å². The van der Waals surface area contributed by atoms with Crippen molar-refractivity contribution >= 4 is 27.4 Å². The van der Waals surface area contributed by atoms with E-state index in [4.69, 9.17) is 14.2 Å². The normalized spacial score (nSPS) is 12.4. The first-order valence-corrected chi connectivity index (χ1v) is 9.96. The second-order valence-electron chi connectivity index (χ2n) is 6.39. The van der Waals surface area contributed by atoms with E-state index in [1.807, 2.05) is 18.2 Å². The van der Waals surface area contributed by atoms with E-state index < -0.39 is 0 Å². The zero-order chi connectivity index (χ0) is 19.5. The van der Waals surface area contributed by atoms with Gasteiger partial charge in [0.25, 0.3) is 0 Å². The number of aromatic nitrogens is 4. The van der Waals surface area contributed by atoms with Crippen LogP contribution in [0, 0.1) is 6.92 Å². The first-order valence-electron chi connectivity index (χ1n) is 9.08. The summed E-state index contributed by atoms with van der Waals surface area (Å²) in [6.45, 7) is 4.21. The number of benzene rings is 1. The van der Waals surface area contributed by atoms with Crippen LogP contribution in [-0.2, 0) is 11.3 Å². The Morgan fingerprint density at radius 1 is 1.18 bits per heavy atom. The lowest BCUT2D eigenvalue weighted by atomic mass is 10.1. The van der Waals surface area contributed by atoms with Crippen LogP contribution in [0.2, 0.25) is 0 Å². The van der Waals surface area contributed by atoms with Gasteiger partial charge >= 0.3 is 0 Å². The number of fused-ring (bicyclic) bond motifs is 1. The maximum atomic E-state index is 5.25. The van der Waals surface area contributed by atoms with E-state index in [9.17, 15) is 0 Å². The number of aryl methyl sites for hydroxylation is 1. The van der Waals surface area contributed by atoms with Crippen molar-refractivity contribution in [2.45, 2.75) is 32.9 Å². The zero-order valence-electron chi connectivity index (χ0n) is 16.0. The highest BCUT2D eigenvalue weighted by molar-refractivity contribution is 7.17. The fourth-order valence-corrected chi connectivity index (χ4v) is 4.05. The maximum absolute atomic E-state index is 5.25. The van der Waals surface area contributed by atoms with Gasteiger partial charge < -0.3 is 14.6 Å². The van der Waals surface area contributed by atoms with Gasteiger partial charge in [-0.25, -0.2) is 9.97 Å². The van der Waals surface area contributed by atoms with Crippen molar-refractivity contribution in [1.82, 2.24) is 20.1 Å². The molecule has 1 N–H and O–H groups in total. The average molecular weight is 395 g/mol. The molecule has 144 valence electrons. The van der Waals surface area contributed by atoms with Crippen LogP contribution in [0.25, 0.3) is 21.3 Å². The quantitative estimate of drug-likeness (QED) is 0.483. The Balaban J connectivity index is 1.83. The van der Waals surface area contributed by atoms with Crippen LogP contribution < -0.4 is 5.32 Å². The summed E-state index contributed by atoms with van der Waals surface area (Å²) in [7, 11) is 1.64. The van der Waals surface area contributed by atoms with Gasteiger partial charge in [-0.2, -0.15) is 4.98 Å². The molecule has 0 spiro atoms. The van der Waals surface area contributed by atoms with Crippen molar-refractivity contribution in [2.75, 3.05) is 12.4 Å². The summed E-state index contributed by atoms with van der Waals surface area (Å²) in [5.41, 5.74) is 2.23. The first kappa shape index (κ1) is 18.5. The second-order valence-corrected chi connectivity index (χ2v) is 7.25. The Morgan fingerprint density at radius 2 is 2.00 bits per heavy atom. The lowest BCUT2D eigenvalue weighted by Gasteiger charge is -2.16. The summed E-state index contributed by atoms with van der Waals surface area (Å²) in [5.74, 6) is 2.56. The molecule has 3 aromatic heterocycles. The third kappa shape index (κ3) is 3.61. The van der Waals surface area contributed by atoms with Crippen LogP contribution in [0.3, 0.4) is 0 Å². The van der Waals surface area contributed by atoms with Gasteiger partial charge in [0, 0.05) is 25.0 Å². The minimum Gasteiger partial charge on any atom is -0.377 e. The molecule has 1 unspecified atom stereocenters. The van der Waals surface area contributed by atoms with Gasteiger partial charge in [-0.15, -0.1) is 11.3 Å². The van der Waals surface area contributed by atoms with E-state index in [0.29, 0.717) is 24.1 Å². The Hall–Kier alpha value is -2.84. The monoisotopic (exact) mass is 395 g/mol. The van der Waals surface area contributed by atoms with E-state index in [-0.39, 0.29) is 6.04 Å². The third-order valence-corrected chi connectivity index (χ3v) is 5.28. The van der Waals surface area contributed by atoms with Crippen LogP contribution in [0.4, 0.5) is 5.82 Å². The molecule has 1 atom stereocenters. The van der Waals surface area contributed by atoms with Crippen LogP contribution >= 0.6 is 11.3 Å². The minimum atomic E-state index is -0.116. The number of ether oxygens (including phenoxy) is 1. The number of nitrogens with zero attached hydrogens (tertiary/aromatic N) is 4. The predicted octanol–water partition coefficient (Wildman–Crippen LogP) is 4.76. The molecular weight excluding hydrogens is 374 g/mol. The Kier molecular flexibility index (Phi) is 5.31. The van der Waals surface area contributed by atoms with Gasteiger partial charge in [-0.3, -0.25) is 0 Å². The third-order valence-electron chi connectivity index (χ3n) is 4.41. The molecule has 7 nitrogen and oxygen atoms in total. The summed E-state index contributed by atoms with van der Waals surface area (Å²) in [4.78, 5) is 14.7. The lowest BCUT2D eigenvalue weighted by Crippen LogP contribution is -2.14. The number of rotatable bonds is 7. The predicted molar refractivity (Wildman–Crippen MR) is 109 cm³/mol. The Bertz CT molecular complexity index is 1080. The SMILES string of the molecule is CCC(Nc1nc(COC)nc2scc(-c3ccccc3)c12)c1noc(C)n1. The molecule has 0 aliphatic rings. The van der Waals surface area contributed by atoms with E-state index in [2.05, 4.69) is 44.9 Å². The standard InChI is InChI=1S/C20H21N5O2S/c1-4-15(18-21-12(2)27-25-18)22-19-17-14(13-8-6-5-7-9-13)11-28-20(17)24-16(23-19)10-26-3/h5-9,11,15H,4,10H2,1-3H3,(H,22,23,24). The van der Waals surface area contributed by atoms with Crippen molar-refractivity contribution in [3.05, 3.63) is 53.3 Å². The fourth-order valence-electron chi connectivity index (χ4n) is 3.08. The second kappa shape index (κ2) is 8.04. The van der Waals surface area contributed by atoms with Crippen LogP contribution in [0.5, 0.6) is 0 Å². The van der Waals surface area contributed by atoms with Crippen LogP contribution in [-0.4, -0.2) is 27.2 Å². The molecule has 4 rings (SSSR count). The summed E-state index contributed by atoms with van der Waals surface area (Å²) >= 11 is 1.60. The van der Waals surface area contributed by atoms with Crippen molar-refractivity contribution in [1.29, 1.82) is 0 Å². The largest absolute Gasteiger partial charge is 0.377 e. The molecule has 0 fully saturated rings. The molecule has 0 radical (unpaired) electrons. The van der Waals surface area contributed by atoms with Crippen LogP contribution in [0.15, 0.2) is 40.2 Å². The molecule has 4 aromatic rings. The van der Waals surface area contributed by atoms with E-state index >= 15 is 0 Å². The van der Waals surface area contributed by atoms with E-state index in [1.165, 1.54) is 0 Å². The average Bonchev–Trinajstić information content (AvgIpc) is 3.33. The molecule has 0 amide bonds.